The van der Waals surface area contributed by atoms with Gasteiger partial charge in [-0.25, -0.2) is 4.98 Å². The second kappa shape index (κ2) is 10.8. The number of piperidine rings is 1. The van der Waals surface area contributed by atoms with Gasteiger partial charge in [-0.1, -0.05) is 72.8 Å². The lowest BCUT2D eigenvalue weighted by atomic mass is 9.95. The molecule has 6 rings (SSSR count). The monoisotopic (exact) mass is 511 g/mol. The zero-order valence-corrected chi connectivity index (χ0v) is 22.0. The standard InChI is InChI=1S/C32H30BN5O/c1-22-10-5-6-14-25(22)29-18-30(38-31(36-29)28(33)20-35-38)34-19-23-11-9-17-37(21-23)32(39)27-16-8-7-15-26(27)24-12-3-2-4-13-24/h2-8,10,12-16,18,20,23,34H,9,11,17,19,21H2,1H3. The summed E-state index contributed by atoms with van der Waals surface area (Å²) in [6.07, 6.45) is 3.66. The zero-order chi connectivity index (χ0) is 26.8. The molecule has 1 atom stereocenters. The van der Waals surface area contributed by atoms with E-state index in [4.69, 9.17) is 12.8 Å². The third-order valence-electron chi connectivity index (χ3n) is 7.54. The Morgan fingerprint density at radius 3 is 2.56 bits per heavy atom. The minimum absolute atomic E-state index is 0.0899. The number of hydrogen-bond acceptors (Lipinski definition) is 4. The number of fused-ring (bicyclic) bond motifs is 1. The third kappa shape index (κ3) is 5.04. The van der Waals surface area contributed by atoms with Crippen molar-refractivity contribution >= 4 is 30.7 Å². The highest BCUT2D eigenvalue weighted by atomic mass is 16.2. The molecule has 7 heteroatoms. The fourth-order valence-corrected chi connectivity index (χ4v) is 5.48. The van der Waals surface area contributed by atoms with Crippen molar-refractivity contribution in [2.24, 2.45) is 5.92 Å². The highest BCUT2D eigenvalue weighted by Crippen LogP contribution is 2.28. The molecule has 1 aliphatic rings. The molecular weight excluding hydrogens is 481 g/mol. The molecule has 1 fully saturated rings. The smallest absolute Gasteiger partial charge is 0.254 e. The normalized spacial score (nSPS) is 15.4. The molecule has 3 aromatic carbocycles. The molecular formula is C32H30BN5O. The number of carbonyl (C=O) groups excluding carboxylic acids is 1. The average Bonchev–Trinajstić information content (AvgIpc) is 3.37. The van der Waals surface area contributed by atoms with Crippen LogP contribution in [-0.2, 0) is 0 Å². The number of nitrogens with one attached hydrogen (secondary N) is 1. The predicted octanol–water partition coefficient (Wildman–Crippen LogP) is 5.13. The highest BCUT2D eigenvalue weighted by Gasteiger charge is 2.26. The van der Waals surface area contributed by atoms with Gasteiger partial charge in [-0.15, -0.1) is 0 Å². The summed E-state index contributed by atoms with van der Waals surface area (Å²) in [6.45, 7) is 4.27. The summed E-state index contributed by atoms with van der Waals surface area (Å²) in [6, 6.07) is 28.2. The maximum Gasteiger partial charge on any atom is 0.254 e. The maximum absolute atomic E-state index is 13.7. The van der Waals surface area contributed by atoms with Crippen LogP contribution < -0.4 is 10.8 Å². The molecule has 2 radical (unpaired) electrons. The molecule has 2 aromatic heterocycles. The predicted molar refractivity (Wildman–Crippen MR) is 158 cm³/mol. The number of nitrogens with zero attached hydrogens (tertiary/aromatic N) is 4. The maximum atomic E-state index is 13.7. The minimum Gasteiger partial charge on any atom is -0.370 e. The fraction of sp³-hybridized carbons (Fsp3) is 0.219. The number of aryl methyl sites for hydroxylation is 1. The molecule has 1 amide bonds. The first-order chi connectivity index (χ1) is 19.1. The van der Waals surface area contributed by atoms with Gasteiger partial charge in [-0.2, -0.15) is 9.61 Å². The van der Waals surface area contributed by atoms with E-state index in [1.807, 2.05) is 65.6 Å². The summed E-state index contributed by atoms with van der Waals surface area (Å²) in [7, 11) is 6.21. The Labute approximate surface area is 230 Å². The molecule has 1 saturated heterocycles. The van der Waals surface area contributed by atoms with Crippen LogP contribution in [0.1, 0.15) is 28.8 Å². The van der Waals surface area contributed by atoms with Gasteiger partial charge >= 0.3 is 0 Å². The zero-order valence-electron chi connectivity index (χ0n) is 22.0. The number of carbonyl (C=O) groups is 1. The fourth-order valence-electron chi connectivity index (χ4n) is 5.48. The van der Waals surface area contributed by atoms with Crippen LogP contribution in [0.15, 0.2) is 91.1 Å². The average molecular weight is 511 g/mol. The van der Waals surface area contributed by atoms with Crippen molar-refractivity contribution in [1.82, 2.24) is 19.5 Å². The number of amides is 1. The van der Waals surface area contributed by atoms with Crippen LogP contribution in [0.5, 0.6) is 0 Å². The summed E-state index contributed by atoms with van der Waals surface area (Å²) >= 11 is 0. The van der Waals surface area contributed by atoms with E-state index in [1.165, 1.54) is 0 Å². The van der Waals surface area contributed by atoms with Gasteiger partial charge in [-0.3, -0.25) is 4.79 Å². The summed E-state index contributed by atoms with van der Waals surface area (Å²) < 4.78 is 1.76. The SMILES string of the molecule is [B]c1cnn2c(NCC3CCCN(C(=O)c4ccccc4-c4ccccc4)C3)cc(-c3ccccc3C)nc12. The Balaban J connectivity index is 1.22. The molecule has 0 saturated carbocycles. The van der Waals surface area contributed by atoms with Gasteiger partial charge in [0.25, 0.3) is 5.91 Å². The Hall–Kier alpha value is -4.39. The van der Waals surface area contributed by atoms with Crippen molar-refractivity contribution in [2.45, 2.75) is 19.8 Å². The molecule has 5 aromatic rings. The van der Waals surface area contributed by atoms with Gasteiger partial charge < -0.3 is 10.2 Å². The molecule has 192 valence electrons. The molecule has 0 spiro atoms. The van der Waals surface area contributed by atoms with Crippen molar-refractivity contribution in [1.29, 1.82) is 0 Å². The minimum atomic E-state index is 0.0899. The lowest BCUT2D eigenvalue weighted by Crippen LogP contribution is -2.42. The summed E-state index contributed by atoms with van der Waals surface area (Å²) in [5.74, 6) is 1.24. The van der Waals surface area contributed by atoms with Crippen LogP contribution in [0.4, 0.5) is 5.82 Å². The Morgan fingerprint density at radius 1 is 1.00 bits per heavy atom. The van der Waals surface area contributed by atoms with E-state index in [2.05, 4.69) is 41.6 Å². The van der Waals surface area contributed by atoms with Crippen molar-refractivity contribution < 1.29 is 4.79 Å². The molecule has 6 nitrogen and oxygen atoms in total. The summed E-state index contributed by atoms with van der Waals surface area (Å²) in [5, 5.41) is 8.07. The first kappa shape index (κ1) is 24.9. The van der Waals surface area contributed by atoms with Crippen LogP contribution in [0, 0.1) is 12.8 Å². The number of aromatic nitrogens is 3. The van der Waals surface area contributed by atoms with Gasteiger partial charge in [0, 0.05) is 43.0 Å². The summed E-state index contributed by atoms with van der Waals surface area (Å²) in [5.41, 5.74) is 7.03. The highest BCUT2D eigenvalue weighted by molar-refractivity contribution is 6.36. The molecule has 1 unspecified atom stereocenters. The number of benzene rings is 3. The largest absolute Gasteiger partial charge is 0.370 e. The molecule has 3 heterocycles. The lowest BCUT2D eigenvalue weighted by Gasteiger charge is -2.33. The second-order valence-electron chi connectivity index (χ2n) is 10.2. The van der Waals surface area contributed by atoms with Crippen molar-refractivity contribution in [3.05, 3.63) is 102 Å². The first-order valence-corrected chi connectivity index (χ1v) is 13.5. The second-order valence-corrected chi connectivity index (χ2v) is 10.2. The van der Waals surface area contributed by atoms with Crippen LogP contribution >= 0.6 is 0 Å². The van der Waals surface area contributed by atoms with Gasteiger partial charge in [0.15, 0.2) is 5.65 Å². The molecule has 0 aliphatic carbocycles. The van der Waals surface area contributed by atoms with Gasteiger partial charge in [0.05, 0.1) is 5.69 Å². The van der Waals surface area contributed by atoms with Crippen LogP contribution in [0.2, 0.25) is 0 Å². The van der Waals surface area contributed by atoms with E-state index in [-0.39, 0.29) is 5.91 Å². The Bertz CT molecular complexity index is 1630. The molecule has 1 N–H and O–H groups in total. The van der Waals surface area contributed by atoms with Crippen molar-refractivity contribution in [3.8, 4) is 22.4 Å². The van der Waals surface area contributed by atoms with E-state index in [1.54, 1.807) is 10.7 Å². The molecule has 39 heavy (non-hydrogen) atoms. The van der Waals surface area contributed by atoms with Crippen LogP contribution in [-0.4, -0.2) is 52.9 Å². The van der Waals surface area contributed by atoms with E-state index < -0.39 is 0 Å². The molecule has 1 aliphatic heterocycles. The third-order valence-corrected chi connectivity index (χ3v) is 7.54. The summed E-state index contributed by atoms with van der Waals surface area (Å²) in [4.78, 5) is 20.5. The lowest BCUT2D eigenvalue weighted by molar-refractivity contribution is 0.0681. The number of hydrogen-bond donors (Lipinski definition) is 1. The van der Waals surface area contributed by atoms with E-state index in [9.17, 15) is 4.79 Å². The topological polar surface area (TPSA) is 62.5 Å². The Kier molecular flexibility index (Phi) is 6.88. The van der Waals surface area contributed by atoms with E-state index in [0.29, 0.717) is 23.6 Å². The number of likely N-dealkylation sites (tertiary alicyclic amines) is 1. The Morgan fingerprint density at radius 2 is 1.74 bits per heavy atom. The molecule has 0 bridgehead atoms. The van der Waals surface area contributed by atoms with Crippen LogP contribution in [0.25, 0.3) is 28.0 Å². The number of rotatable bonds is 6. The van der Waals surface area contributed by atoms with Crippen molar-refractivity contribution in [2.75, 3.05) is 25.0 Å². The van der Waals surface area contributed by atoms with Gasteiger partial charge in [0.2, 0.25) is 0 Å². The van der Waals surface area contributed by atoms with Gasteiger partial charge in [-0.05, 0) is 53.9 Å². The first-order valence-electron chi connectivity index (χ1n) is 13.5. The van der Waals surface area contributed by atoms with Crippen molar-refractivity contribution in [3.63, 3.8) is 0 Å². The van der Waals surface area contributed by atoms with Gasteiger partial charge in [0.1, 0.15) is 13.7 Å². The quantitative estimate of drug-likeness (QED) is 0.321. The van der Waals surface area contributed by atoms with E-state index >= 15 is 0 Å². The van der Waals surface area contributed by atoms with E-state index in [0.717, 1.165) is 65.3 Å². The van der Waals surface area contributed by atoms with Crippen LogP contribution in [0.3, 0.4) is 0 Å². The number of anilines is 1.